The Bertz CT molecular complexity index is 1660. The molecular formula is C33H42N6O10S. The minimum absolute atomic E-state index is 0.0739. The van der Waals surface area contributed by atoms with Gasteiger partial charge >= 0.3 is 0 Å². The Morgan fingerprint density at radius 2 is 1.54 bits per heavy atom. The van der Waals surface area contributed by atoms with Gasteiger partial charge in [0.1, 0.15) is 17.6 Å². The molecule has 1 aliphatic rings. The zero-order valence-corrected chi connectivity index (χ0v) is 28.6. The Balaban J connectivity index is 1.30. The SMILES string of the molecule is Cc1ccnc(-c2cc(CC(=O)CCCC(=O)NC(CS(=O)(=O)O)C(=O)NCCCCC(=O)NCCOCCN3C(=O)C=CC3=O)ccn2)c1. The van der Waals surface area contributed by atoms with Crippen molar-refractivity contribution in [2.75, 3.05) is 38.6 Å². The summed E-state index contributed by atoms with van der Waals surface area (Å²) in [6.45, 7) is 2.68. The van der Waals surface area contributed by atoms with E-state index in [0.29, 0.717) is 24.2 Å². The molecule has 0 fully saturated rings. The van der Waals surface area contributed by atoms with Gasteiger partial charge in [0.05, 0.1) is 31.1 Å². The maximum atomic E-state index is 12.6. The average molecular weight is 715 g/mol. The number of unbranched alkanes of at least 4 members (excludes halogenated alkanes) is 1. The van der Waals surface area contributed by atoms with Gasteiger partial charge in [-0.15, -0.1) is 0 Å². The molecule has 3 rings (SSSR count). The van der Waals surface area contributed by atoms with E-state index >= 15 is 0 Å². The van der Waals surface area contributed by atoms with Crippen LogP contribution in [0.5, 0.6) is 0 Å². The summed E-state index contributed by atoms with van der Waals surface area (Å²) in [5.74, 6) is -3.68. The summed E-state index contributed by atoms with van der Waals surface area (Å²) in [6, 6.07) is 5.71. The summed E-state index contributed by atoms with van der Waals surface area (Å²) in [5.41, 5.74) is 3.08. The van der Waals surface area contributed by atoms with Crippen LogP contribution in [0, 0.1) is 6.92 Å². The number of hydrogen-bond donors (Lipinski definition) is 4. The largest absolute Gasteiger partial charge is 0.378 e. The molecule has 0 spiro atoms. The number of ketones is 1. The molecule has 0 aromatic carbocycles. The van der Waals surface area contributed by atoms with Crippen LogP contribution in [0.15, 0.2) is 48.8 Å². The van der Waals surface area contributed by atoms with Gasteiger partial charge in [-0.3, -0.25) is 48.2 Å². The van der Waals surface area contributed by atoms with Crippen molar-refractivity contribution >= 4 is 45.4 Å². The Morgan fingerprint density at radius 1 is 0.860 bits per heavy atom. The summed E-state index contributed by atoms with van der Waals surface area (Å²) in [6.07, 6.45) is 6.77. The van der Waals surface area contributed by atoms with Crippen molar-refractivity contribution in [3.63, 3.8) is 0 Å². The predicted molar refractivity (Wildman–Crippen MR) is 180 cm³/mol. The second-order valence-corrected chi connectivity index (χ2v) is 13.1. The lowest BCUT2D eigenvalue weighted by Crippen LogP contribution is -2.50. The molecule has 2 aromatic rings. The van der Waals surface area contributed by atoms with Gasteiger partial charge in [0.15, 0.2) is 0 Å². The number of nitrogens with zero attached hydrogens (tertiary/aromatic N) is 3. The van der Waals surface area contributed by atoms with Crippen LogP contribution >= 0.6 is 0 Å². The van der Waals surface area contributed by atoms with Crippen LogP contribution < -0.4 is 16.0 Å². The number of hydrogen-bond acceptors (Lipinski definition) is 11. The van der Waals surface area contributed by atoms with E-state index in [9.17, 15) is 41.7 Å². The van der Waals surface area contributed by atoms with Crippen LogP contribution in [0.4, 0.5) is 0 Å². The molecule has 1 atom stereocenters. The van der Waals surface area contributed by atoms with E-state index in [0.717, 1.165) is 16.0 Å². The molecule has 0 saturated heterocycles. The van der Waals surface area contributed by atoms with Crippen LogP contribution in [-0.4, -0.2) is 108 Å². The van der Waals surface area contributed by atoms with Gasteiger partial charge in [0, 0.05) is 63.3 Å². The van der Waals surface area contributed by atoms with Crippen LogP contribution in [0.1, 0.15) is 49.7 Å². The summed E-state index contributed by atoms with van der Waals surface area (Å²) in [4.78, 5) is 82.4. The number of carbonyl (C=O) groups is 6. The molecule has 17 heteroatoms. The van der Waals surface area contributed by atoms with E-state index in [1.807, 2.05) is 19.1 Å². The smallest absolute Gasteiger partial charge is 0.267 e. The number of amides is 5. The first-order valence-corrected chi connectivity index (χ1v) is 17.7. The number of aryl methyl sites for hydroxylation is 1. The monoisotopic (exact) mass is 714 g/mol. The highest BCUT2D eigenvalue weighted by molar-refractivity contribution is 7.85. The number of aromatic nitrogens is 2. The molecule has 1 unspecified atom stereocenters. The predicted octanol–water partition coefficient (Wildman–Crippen LogP) is 0.451. The lowest BCUT2D eigenvalue weighted by atomic mass is 10.0. The Morgan fingerprint density at radius 3 is 2.24 bits per heavy atom. The van der Waals surface area contributed by atoms with Gasteiger partial charge in [0.2, 0.25) is 17.7 Å². The van der Waals surface area contributed by atoms with Crippen molar-refractivity contribution in [2.45, 2.75) is 57.9 Å². The summed E-state index contributed by atoms with van der Waals surface area (Å²) >= 11 is 0. The van der Waals surface area contributed by atoms with E-state index in [1.165, 1.54) is 12.2 Å². The zero-order chi connectivity index (χ0) is 36.5. The fourth-order valence-electron chi connectivity index (χ4n) is 4.83. The number of nitrogens with one attached hydrogen (secondary N) is 3. The van der Waals surface area contributed by atoms with Gasteiger partial charge < -0.3 is 20.7 Å². The lowest BCUT2D eigenvalue weighted by Gasteiger charge is -2.17. The number of rotatable bonds is 22. The molecule has 2 aromatic heterocycles. The van der Waals surface area contributed by atoms with Crippen molar-refractivity contribution in [1.82, 2.24) is 30.8 Å². The van der Waals surface area contributed by atoms with Gasteiger partial charge in [-0.2, -0.15) is 8.42 Å². The third-order valence-corrected chi connectivity index (χ3v) is 8.10. The molecule has 270 valence electrons. The van der Waals surface area contributed by atoms with E-state index in [1.54, 1.807) is 24.5 Å². The minimum atomic E-state index is -4.62. The number of ether oxygens (including phenoxy) is 1. The van der Waals surface area contributed by atoms with E-state index in [4.69, 9.17) is 4.74 Å². The van der Waals surface area contributed by atoms with Gasteiger partial charge in [-0.05, 0) is 61.6 Å². The maximum absolute atomic E-state index is 12.6. The quantitative estimate of drug-likeness (QED) is 0.0740. The third-order valence-electron chi connectivity index (χ3n) is 7.35. The van der Waals surface area contributed by atoms with Crippen molar-refractivity contribution < 1.29 is 46.5 Å². The summed E-state index contributed by atoms with van der Waals surface area (Å²) in [7, 11) is -4.62. The van der Waals surface area contributed by atoms with Crippen LogP contribution in [0.25, 0.3) is 11.4 Å². The molecule has 16 nitrogen and oxygen atoms in total. The molecule has 4 N–H and O–H groups in total. The standard InChI is InChI=1S/C33H42N6O10S/c1-23-10-13-34-26(19-23)27-21-24(11-14-35-27)20-25(40)5-4-7-30(42)38-28(22-50(46,47)48)33(45)37-12-3-2-6-29(41)36-15-17-49-18-16-39-31(43)8-9-32(39)44/h8-11,13-14,19,21,28H,2-7,12,15-18,20,22H2,1H3,(H,36,41)(H,37,45)(H,38,42)(H,46,47,48). The molecule has 5 amide bonds. The molecule has 3 heterocycles. The van der Waals surface area contributed by atoms with Gasteiger partial charge in [-0.1, -0.05) is 0 Å². The van der Waals surface area contributed by atoms with E-state index < -0.39 is 45.5 Å². The number of carbonyl (C=O) groups excluding carboxylic acids is 6. The summed E-state index contributed by atoms with van der Waals surface area (Å²) < 4.78 is 37.6. The molecule has 0 aliphatic carbocycles. The zero-order valence-electron chi connectivity index (χ0n) is 27.8. The third kappa shape index (κ3) is 14.7. The first-order valence-electron chi connectivity index (χ1n) is 16.1. The van der Waals surface area contributed by atoms with E-state index in [-0.39, 0.29) is 76.6 Å². The Kier molecular flexibility index (Phi) is 15.8. The molecule has 50 heavy (non-hydrogen) atoms. The topological polar surface area (TPSA) is 231 Å². The van der Waals surface area contributed by atoms with Crippen LogP contribution in [-0.2, 0) is 50.0 Å². The first kappa shape index (κ1) is 39.6. The van der Waals surface area contributed by atoms with Crippen molar-refractivity contribution in [2.24, 2.45) is 0 Å². The highest BCUT2D eigenvalue weighted by Crippen LogP contribution is 2.17. The number of pyridine rings is 2. The highest BCUT2D eigenvalue weighted by atomic mass is 32.2. The second kappa shape index (κ2) is 20.0. The lowest BCUT2D eigenvalue weighted by molar-refractivity contribution is -0.137. The average Bonchev–Trinajstić information content (AvgIpc) is 3.37. The number of imide groups is 1. The molecular weight excluding hydrogens is 672 g/mol. The molecule has 0 bridgehead atoms. The van der Waals surface area contributed by atoms with Gasteiger partial charge in [-0.25, -0.2) is 0 Å². The van der Waals surface area contributed by atoms with Crippen molar-refractivity contribution in [1.29, 1.82) is 0 Å². The maximum Gasteiger partial charge on any atom is 0.267 e. The molecule has 0 saturated carbocycles. The normalized spacial score (nSPS) is 13.3. The van der Waals surface area contributed by atoms with Crippen molar-refractivity contribution in [3.8, 4) is 11.4 Å². The fraction of sp³-hybridized carbons (Fsp3) is 0.455. The van der Waals surface area contributed by atoms with Gasteiger partial charge in [0.25, 0.3) is 21.9 Å². The highest BCUT2D eigenvalue weighted by Gasteiger charge is 2.26. The first-order chi connectivity index (χ1) is 23.8. The van der Waals surface area contributed by atoms with Crippen LogP contribution in [0.3, 0.4) is 0 Å². The number of Topliss-reactive ketones (excluding diaryl/α,β-unsaturated/α-hetero) is 1. The summed E-state index contributed by atoms with van der Waals surface area (Å²) in [5, 5.41) is 7.47. The molecule has 0 radical (unpaired) electrons. The van der Waals surface area contributed by atoms with Crippen molar-refractivity contribution in [3.05, 3.63) is 59.9 Å². The Labute approximate surface area is 290 Å². The van der Waals surface area contributed by atoms with E-state index in [2.05, 4.69) is 25.9 Å². The molecule has 1 aliphatic heterocycles. The van der Waals surface area contributed by atoms with Crippen LogP contribution in [0.2, 0.25) is 0 Å². The fourth-order valence-corrected chi connectivity index (χ4v) is 5.48. The Hall–Kier alpha value is -4.87. The second-order valence-electron chi connectivity index (χ2n) is 11.6. The minimum Gasteiger partial charge on any atom is -0.378 e.